The van der Waals surface area contributed by atoms with Gasteiger partial charge in [0.1, 0.15) is 18.1 Å². The number of unbranched alkanes of at least 4 members (excludes halogenated alkanes) is 1. The maximum absolute atomic E-state index is 12.9. The first-order valence-corrected chi connectivity index (χ1v) is 11.9. The Morgan fingerprint density at radius 1 is 0.711 bits per heavy atom. The summed E-state index contributed by atoms with van der Waals surface area (Å²) in [5, 5.41) is 34.2. The van der Waals surface area contributed by atoms with Crippen LogP contribution in [0.15, 0.2) is 4.99 Å². The van der Waals surface area contributed by atoms with Gasteiger partial charge in [-0.2, -0.15) is 0 Å². The molecule has 4 atom stereocenters. The number of nitrogens with zero attached hydrogens (tertiary/aromatic N) is 1. The molecule has 0 bridgehead atoms. The highest BCUT2D eigenvalue weighted by molar-refractivity contribution is 5.94. The zero-order chi connectivity index (χ0) is 29.3. The zero-order valence-electron chi connectivity index (χ0n) is 20.9. The van der Waals surface area contributed by atoms with Crippen LogP contribution >= 0.6 is 0 Å². The fraction of sp³-hybridized carbons (Fsp3) is 0.667. The van der Waals surface area contributed by atoms with Crippen molar-refractivity contribution >= 4 is 41.6 Å². The average molecular weight is 547 g/mol. The molecule has 0 aliphatic carbocycles. The van der Waals surface area contributed by atoms with E-state index >= 15 is 0 Å². The van der Waals surface area contributed by atoms with E-state index < -0.39 is 72.6 Å². The Bertz CT molecular complexity index is 864. The molecule has 0 saturated heterocycles. The van der Waals surface area contributed by atoms with Crippen LogP contribution in [-0.4, -0.2) is 94.2 Å². The van der Waals surface area contributed by atoms with E-state index in [1.54, 1.807) is 0 Å². The standard InChI is InChI=1S/C21H38N8O9/c22-8-2-1-4-12(18(35)29-14(20(37)38)5-3-9-26-21(24)25)28-19(36)13(6-7-15(30)31)27-17(34)11(23)10-16(32)33/h11-14H,1-10,22-23H2,(H,27,34)(H,28,36)(H,29,35)(H,30,31)(H,32,33)(H,37,38)(H4,24,25,26). The highest BCUT2D eigenvalue weighted by Gasteiger charge is 2.30. The summed E-state index contributed by atoms with van der Waals surface area (Å²) < 4.78 is 0. The number of aliphatic imine (C=N–C) groups is 1. The Balaban J connectivity index is 5.58. The monoisotopic (exact) mass is 546 g/mol. The van der Waals surface area contributed by atoms with E-state index in [1.165, 1.54) is 0 Å². The summed E-state index contributed by atoms with van der Waals surface area (Å²) >= 11 is 0. The van der Waals surface area contributed by atoms with Crippen molar-refractivity contribution in [2.24, 2.45) is 27.9 Å². The topological polar surface area (TPSA) is 316 Å². The lowest BCUT2D eigenvalue weighted by Crippen LogP contribution is -2.57. The third kappa shape index (κ3) is 15.2. The molecule has 0 heterocycles. The van der Waals surface area contributed by atoms with Crippen LogP contribution in [0.5, 0.6) is 0 Å². The molecule has 14 N–H and O–H groups in total. The van der Waals surface area contributed by atoms with E-state index in [9.17, 15) is 33.9 Å². The van der Waals surface area contributed by atoms with Gasteiger partial charge in [-0.15, -0.1) is 0 Å². The number of carboxylic acid groups (broad SMARTS) is 3. The Kier molecular flexibility index (Phi) is 16.4. The van der Waals surface area contributed by atoms with E-state index in [-0.39, 0.29) is 38.2 Å². The Morgan fingerprint density at radius 3 is 1.74 bits per heavy atom. The van der Waals surface area contributed by atoms with Crippen molar-refractivity contribution in [3.8, 4) is 0 Å². The summed E-state index contributed by atoms with van der Waals surface area (Å²) in [5.41, 5.74) is 21.4. The number of carbonyl (C=O) groups excluding carboxylic acids is 3. The zero-order valence-corrected chi connectivity index (χ0v) is 20.9. The van der Waals surface area contributed by atoms with Gasteiger partial charge in [-0.1, -0.05) is 0 Å². The second-order valence-corrected chi connectivity index (χ2v) is 8.39. The molecule has 3 amide bonds. The van der Waals surface area contributed by atoms with Crippen LogP contribution in [0.1, 0.15) is 51.4 Å². The van der Waals surface area contributed by atoms with Gasteiger partial charge in [-0.05, 0) is 45.1 Å². The normalized spacial score (nSPS) is 13.7. The van der Waals surface area contributed by atoms with Crippen LogP contribution < -0.4 is 38.9 Å². The van der Waals surface area contributed by atoms with Crippen molar-refractivity contribution in [3.05, 3.63) is 0 Å². The van der Waals surface area contributed by atoms with Crippen molar-refractivity contribution in [1.29, 1.82) is 0 Å². The lowest BCUT2D eigenvalue weighted by atomic mass is 10.0. The van der Waals surface area contributed by atoms with Crippen molar-refractivity contribution < 1.29 is 44.1 Å². The number of carboxylic acids is 3. The van der Waals surface area contributed by atoms with E-state index in [4.69, 9.17) is 33.1 Å². The molecule has 38 heavy (non-hydrogen) atoms. The second-order valence-electron chi connectivity index (χ2n) is 8.39. The van der Waals surface area contributed by atoms with Gasteiger partial charge in [0.2, 0.25) is 17.7 Å². The predicted octanol–water partition coefficient (Wildman–Crippen LogP) is -3.63. The summed E-state index contributed by atoms with van der Waals surface area (Å²) in [5.74, 6) is -6.89. The van der Waals surface area contributed by atoms with Crippen LogP contribution in [0, 0.1) is 0 Å². The van der Waals surface area contributed by atoms with Crippen LogP contribution in [-0.2, 0) is 28.8 Å². The molecule has 0 saturated carbocycles. The van der Waals surface area contributed by atoms with Crippen molar-refractivity contribution in [1.82, 2.24) is 16.0 Å². The van der Waals surface area contributed by atoms with E-state index in [0.717, 1.165) is 0 Å². The van der Waals surface area contributed by atoms with Gasteiger partial charge in [0, 0.05) is 13.0 Å². The molecule has 0 aromatic carbocycles. The average Bonchev–Trinajstić information content (AvgIpc) is 2.81. The van der Waals surface area contributed by atoms with Crippen LogP contribution in [0.3, 0.4) is 0 Å². The first kappa shape index (κ1) is 34.0. The van der Waals surface area contributed by atoms with Gasteiger partial charge in [0.15, 0.2) is 5.96 Å². The third-order valence-electron chi connectivity index (χ3n) is 5.15. The fourth-order valence-electron chi connectivity index (χ4n) is 3.16. The first-order valence-electron chi connectivity index (χ1n) is 11.9. The van der Waals surface area contributed by atoms with Gasteiger partial charge in [-0.25, -0.2) is 4.79 Å². The minimum absolute atomic E-state index is 0.0138. The SMILES string of the molecule is NCCCCC(NC(=O)C(CCC(=O)O)NC(=O)C(N)CC(=O)O)C(=O)NC(CCCN=C(N)N)C(=O)O. The Morgan fingerprint density at radius 2 is 1.24 bits per heavy atom. The number of hydrogen-bond acceptors (Lipinski definition) is 9. The minimum atomic E-state index is -1.51. The lowest BCUT2D eigenvalue weighted by Gasteiger charge is -2.25. The molecule has 0 aromatic rings. The predicted molar refractivity (Wildman–Crippen MR) is 133 cm³/mol. The molecule has 4 unspecified atom stereocenters. The molecule has 17 nitrogen and oxygen atoms in total. The Labute approximate surface area is 218 Å². The molecule has 0 rings (SSSR count). The quantitative estimate of drug-likeness (QED) is 0.0401. The van der Waals surface area contributed by atoms with E-state index in [0.29, 0.717) is 19.4 Å². The summed E-state index contributed by atoms with van der Waals surface area (Å²) in [6.45, 7) is 0.428. The molecule has 0 spiro atoms. The summed E-state index contributed by atoms with van der Waals surface area (Å²) in [6, 6.07) is -5.53. The molecule has 17 heteroatoms. The maximum Gasteiger partial charge on any atom is 0.326 e. The molecular formula is C21H38N8O9. The number of aliphatic carboxylic acids is 3. The number of carbonyl (C=O) groups is 6. The highest BCUT2D eigenvalue weighted by Crippen LogP contribution is 2.07. The maximum atomic E-state index is 12.9. The lowest BCUT2D eigenvalue weighted by molar-refractivity contribution is -0.142. The molecule has 216 valence electrons. The number of nitrogens with two attached hydrogens (primary N) is 4. The van der Waals surface area contributed by atoms with Crippen molar-refractivity contribution in [3.63, 3.8) is 0 Å². The molecule has 0 fully saturated rings. The largest absolute Gasteiger partial charge is 0.481 e. The van der Waals surface area contributed by atoms with Gasteiger partial charge < -0.3 is 54.2 Å². The summed E-state index contributed by atoms with van der Waals surface area (Å²) in [4.78, 5) is 75.3. The van der Waals surface area contributed by atoms with Crippen LogP contribution in [0.25, 0.3) is 0 Å². The smallest absolute Gasteiger partial charge is 0.326 e. The fourth-order valence-corrected chi connectivity index (χ4v) is 3.16. The van der Waals surface area contributed by atoms with Crippen molar-refractivity contribution in [2.75, 3.05) is 13.1 Å². The molecular weight excluding hydrogens is 508 g/mol. The second kappa shape index (κ2) is 18.3. The van der Waals surface area contributed by atoms with E-state index in [1.807, 2.05) is 0 Å². The molecule has 0 aliphatic rings. The van der Waals surface area contributed by atoms with E-state index in [2.05, 4.69) is 20.9 Å². The van der Waals surface area contributed by atoms with Gasteiger partial charge in [-0.3, -0.25) is 29.0 Å². The molecule has 0 aromatic heterocycles. The highest BCUT2D eigenvalue weighted by atomic mass is 16.4. The van der Waals surface area contributed by atoms with Gasteiger partial charge in [0.05, 0.1) is 12.5 Å². The van der Waals surface area contributed by atoms with Crippen molar-refractivity contribution in [2.45, 2.75) is 75.5 Å². The Hall–Kier alpha value is -3.99. The number of rotatable bonds is 20. The van der Waals surface area contributed by atoms with Crippen LogP contribution in [0.4, 0.5) is 0 Å². The number of amides is 3. The molecule has 0 radical (unpaired) electrons. The first-order chi connectivity index (χ1) is 17.8. The number of hydrogen-bond donors (Lipinski definition) is 10. The number of nitrogens with one attached hydrogen (secondary N) is 3. The van der Waals surface area contributed by atoms with Gasteiger partial charge in [0.25, 0.3) is 0 Å². The minimum Gasteiger partial charge on any atom is -0.481 e. The summed E-state index contributed by atoms with van der Waals surface area (Å²) in [7, 11) is 0. The summed E-state index contributed by atoms with van der Waals surface area (Å²) in [6.07, 6.45) is -0.494. The van der Waals surface area contributed by atoms with Crippen LogP contribution in [0.2, 0.25) is 0 Å². The molecule has 0 aliphatic heterocycles. The third-order valence-corrected chi connectivity index (χ3v) is 5.15. The number of guanidine groups is 1. The van der Waals surface area contributed by atoms with Gasteiger partial charge >= 0.3 is 17.9 Å².